The molecule has 0 radical (unpaired) electrons. The average molecular weight is 293 g/mol. The molecule has 0 aliphatic heterocycles. The third-order valence-electron chi connectivity index (χ3n) is 3.45. The van der Waals surface area contributed by atoms with Crippen LogP contribution in [0.5, 0.6) is 11.5 Å². The summed E-state index contributed by atoms with van der Waals surface area (Å²) in [6.45, 7) is 4.23. The van der Waals surface area contributed by atoms with E-state index in [4.69, 9.17) is 16.3 Å². The second-order valence-electron chi connectivity index (χ2n) is 4.76. The maximum absolute atomic E-state index is 14.1. The summed E-state index contributed by atoms with van der Waals surface area (Å²) in [4.78, 5) is 0. The standard InChI is InChI=1S/C17H18ClFO/c1-3-12(4-2)13-5-10-17(16(19)11-13)20-15-8-6-14(18)7-9-15/h5-12H,3-4H2,1-2H3. The monoisotopic (exact) mass is 292 g/mol. The Morgan fingerprint density at radius 1 is 1.05 bits per heavy atom. The van der Waals surface area contributed by atoms with Crippen molar-refractivity contribution >= 4 is 11.6 Å². The quantitative estimate of drug-likeness (QED) is 0.640. The predicted octanol–water partition coefficient (Wildman–Crippen LogP) is 6.18. The maximum atomic E-state index is 14.1. The first-order chi connectivity index (χ1) is 9.63. The lowest BCUT2D eigenvalue weighted by molar-refractivity contribution is 0.440. The van der Waals surface area contributed by atoms with Crippen molar-refractivity contribution in [3.63, 3.8) is 0 Å². The normalized spacial score (nSPS) is 10.8. The molecule has 0 atom stereocenters. The van der Waals surface area contributed by atoms with Crippen molar-refractivity contribution in [2.75, 3.05) is 0 Å². The Kier molecular flexibility index (Phi) is 5.02. The molecule has 2 rings (SSSR count). The van der Waals surface area contributed by atoms with Gasteiger partial charge in [0.05, 0.1) is 0 Å². The van der Waals surface area contributed by atoms with Crippen molar-refractivity contribution in [3.8, 4) is 11.5 Å². The number of ether oxygens (including phenoxy) is 1. The molecular formula is C17H18ClFO. The molecular weight excluding hydrogens is 275 g/mol. The van der Waals surface area contributed by atoms with E-state index in [2.05, 4.69) is 13.8 Å². The van der Waals surface area contributed by atoms with Gasteiger partial charge in [0.15, 0.2) is 11.6 Å². The first kappa shape index (κ1) is 14.9. The summed E-state index contributed by atoms with van der Waals surface area (Å²) in [6.07, 6.45) is 2.01. The van der Waals surface area contributed by atoms with Gasteiger partial charge in [-0.05, 0) is 60.7 Å². The molecule has 20 heavy (non-hydrogen) atoms. The summed E-state index contributed by atoms with van der Waals surface area (Å²) in [5, 5.41) is 0.627. The van der Waals surface area contributed by atoms with E-state index in [9.17, 15) is 4.39 Å². The van der Waals surface area contributed by atoms with Gasteiger partial charge in [0, 0.05) is 5.02 Å². The molecule has 0 aromatic heterocycles. The van der Waals surface area contributed by atoms with E-state index in [1.807, 2.05) is 6.07 Å². The van der Waals surface area contributed by atoms with Gasteiger partial charge in [-0.1, -0.05) is 31.5 Å². The van der Waals surface area contributed by atoms with Crippen molar-refractivity contribution in [1.82, 2.24) is 0 Å². The molecule has 1 nitrogen and oxygen atoms in total. The van der Waals surface area contributed by atoms with Crippen LogP contribution in [0.1, 0.15) is 38.2 Å². The molecule has 0 fully saturated rings. The van der Waals surface area contributed by atoms with E-state index < -0.39 is 0 Å². The van der Waals surface area contributed by atoms with Crippen LogP contribution in [0.4, 0.5) is 4.39 Å². The summed E-state index contributed by atoms with van der Waals surface area (Å²) >= 11 is 5.80. The van der Waals surface area contributed by atoms with Crippen LogP contribution in [-0.4, -0.2) is 0 Å². The van der Waals surface area contributed by atoms with E-state index in [0.717, 1.165) is 18.4 Å². The Morgan fingerprint density at radius 3 is 2.25 bits per heavy atom. The molecule has 0 N–H and O–H groups in total. The number of halogens is 2. The van der Waals surface area contributed by atoms with Gasteiger partial charge < -0.3 is 4.74 Å². The molecule has 0 saturated heterocycles. The minimum Gasteiger partial charge on any atom is -0.454 e. The van der Waals surface area contributed by atoms with Gasteiger partial charge in [0.25, 0.3) is 0 Å². The molecule has 2 aromatic carbocycles. The van der Waals surface area contributed by atoms with Crippen LogP contribution in [0, 0.1) is 5.82 Å². The number of hydrogen-bond acceptors (Lipinski definition) is 1. The van der Waals surface area contributed by atoms with E-state index >= 15 is 0 Å². The first-order valence-corrected chi connectivity index (χ1v) is 7.24. The summed E-state index contributed by atoms with van der Waals surface area (Å²) in [5.74, 6) is 0.879. The molecule has 0 spiro atoms. The molecule has 0 aliphatic rings. The lowest BCUT2D eigenvalue weighted by atomic mass is 9.94. The Bertz CT molecular complexity index is 562. The van der Waals surface area contributed by atoms with Crippen LogP contribution in [0.3, 0.4) is 0 Å². The molecule has 3 heteroatoms. The van der Waals surface area contributed by atoms with Gasteiger partial charge in [0.2, 0.25) is 0 Å². The minimum atomic E-state index is -0.329. The van der Waals surface area contributed by atoms with E-state index in [0.29, 0.717) is 16.7 Å². The smallest absolute Gasteiger partial charge is 0.166 e. The van der Waals surface area contributed by atoms with Gasteiger partial charge >= 0.3 is 0 Å². The fourth-order valence-corrected chi connectivity index (χ4v) is 2.37. The fourth-order valence-electron chi connectivity index (χ4n) is 2.24. The zero-order chi connectivity index (χ0) is 14.5. The minimum absolute atomic E-state index is 0.238. The SMILES string of the molecule is CCC(CC)c1ccc(Oc2ccc(Cl)cc2)c(F)c1. The van der Waals surface area contributed by atoms with Gasteiger partial charge in [0.1, 0.15) is 5.75 Å². The van der Waals surface area contributed by atoms with Gasteiger partial charge in [-0.2, -0.15) is 0 Å². The first-order valence-electron chi connectivity index (χ1n) is 6.86. The van der Waals surface area contributed by atoms with Crippen LogP contribution >= 0.6 is 11.6 Å². The van der Waals surface area contributed by atoms with Crippen LogP contribution in [-0.2, 0) is 0 Å². The molecule has 0 saturated carbocycles. The van der Waals surface area contributed by atoms with Crippen LogP contribution < -0.4 is 4.74 Å². The van der Waals surface area contributed by atoms with E-state index in [-0.39, 0.29) is 11.6 Å². The van der Waals surface area contributed by atoms with Gasteiger partial charge in [-0.25, -0.2) is 4.39 Å². The highest BCUT2D eigenvalue weighted by atomic mass is 35.5. The Labute approximate surface area is 124 Å². The second kappa shape index (κ2) is 6.76. The summed E-state index contributed by atoms with van der Waals surface area (Å²) in [5.41, 5.74) is 1.02. The summed E-state index contributed by atoms with van der Waals surface area (Å²) in [6, 6.07) is 12.1. The van der Waals surface area contributed by atoms with E-state index in [1.165, 1.54) is 0 Å². The lowest BCUT2D eigenvalue weighted by Gasteiger charge is -2.14. The van der Waals surface area contributed by atoms with Crippen molar-refractivity contribution in [3.05, 3.63) is 58.9 Å². The molecule has 0 amide bonds. The maximum Gasteiger partial charge on any atom is 0.166 e. The molecule has 0 unspecified atom stereocenters. The molecule has 2 aromatic rings. The fraction of sp³-hybridized carbons (Fsp3) is 0.294. The molecule has 0 heterocycles. The van der Waals surface area contributed by atoms with Gasteiger partial charge in [-0.3, -0.25) is 0 Å². The predicted molar refractivity (Wildman–Crippen MR) is 81.2 cm³/mol. The summed E-state index contributed by atoms with van der Waals surface area (Å²) < 4.78 is 19.6. The van der Waals surface area contributed by atoms with Crippen LogP contribution in [0.15, 0.2) is 42.5 Å². The largest absolute Gasteiger partial charge is 0.454 e. The average Bonchev–Trinajstić information content (AvgIpc) is 2.45. The highest BCUT2D eigenvalue weighted by molar-refractivity contribution is 6.30. The van der Waals surface area contributed by atoms with Crippen molar-refractivity contribution in [1.29, 1.82) is 0 Å². The highest BCUT2D eigenvalue weighted by Gasteiger charge is 2.11. The zero-order valence-electron chi connectivity index (χ0n) is 11.7. The van der Waals surface area contributed by atoms with Crippen molar-refractivity contribution in [2.45, 2.75) is 32.6 Å². The summed E-state index contributed by atoms with van der Waals surface area (Å²) in [7, 11) is 0. The molecule has 106 valence electrons. The Morgan fingerprint density at radius 2 is 1.70 bits per heavy atom. The van der Waals surface area contributed by atoms with E-state index in [1.54, 1.807) is 36.4 Å². The zero-order valence-corrected chi connectivity index (χ0v) is 12.5. The molecule has 0 aliphatic carbocycles. The lowest BCUT2D eigenvalue weighted by Crippen LogP contribution is -1.97. The second-order valence-corrected chi connectivity index (χ2v) is 5.20. The topological polar surface area (TPSA) is 9.23 Å². The van der Waals surface area contributed by atoms with Crippen LogP contribution in [0.25, 0.3) is 0 Å². The Balaban J connectivity index is 2.19. The highest BCUT2D eigenvalue weighted by Crippen LogP contribution is 2.30. The number of benzene rings is 2. The third kappa shape index (κ3) is 3.51. The Hall–Kier alpha value is -1.54. The molecule has 0 bridgehead atoms. The van der Waals surface area contributed by atoms with Crippen LogP contribution in [0.2, 0.25) is 5.02 Å². The number of rotatable bonds is 5. The number of hydrogen-bond donors (Lipinski definition) is 0. The third-order valence-corrected chi connectivity index (χ3v) is 3.71. The van der Waals surface area contributed by atoms with Crippen molar-refractivity contribution < 1.29 is 9.13 Å². The van der Waals surface area contributed by atoms with Crippen molar-refractivity contribution in [2.24, 2.45) is 0 Å². The van der Waals surface area contributed by atoms with Gasteiger partial charge in [-0.15, -0.1) is 0 Å².